The van der Waals surface area contributed by atoms with Gasteiger partial charge < -0.3 is 14.8 Å². The molecule has 0 aliphatic heterocycles. The highest BCUT2D eigenvalue weighted by Crippen LogP contribution is 2.28. The van der Waals surface area contributed by atoms with E-state index in [9.17, 15) is 4.79 Å². The zero-order valence-corrected chi connectivity index (χ0v) is 15.1. The molecule has 2 rings (SSSR count). The minimum Gasteiger partial charge on any atom is -0.490 e. The summed E-state index contributed by atoms with van der Waals surface area (Å²) in [4.78, 5) is 13.4. The number of carbonyl (C=O) groups is 1. The average molecular weight is 345 g/mol. The molecule has 1 amide bonds. The summed E-state index contributed by atoms with van der Waals surface area (Å²) in [6.07, 6.45) is 1.97. The van der Waals surface area contributed by atoms with Gasteiger partial charge in [-0.1, -0.05) is 18.2 Å². The molecule has 0 bridgehead atoms. The fourth-order valence-corrected chi connectivity index (χ4v) is 2.91. The smallest absolute Gasteiger partial charge is 0.252 e. The van der Waals surface area contributed by atoms with E-state index in [4.69, 9.17) is 9.47 Å². The summed E-state index contributed by atoms with van der Waals surface area (Å²) in [7, 11) is 0. The molecule has 2 aromatic carbocycles. The van der Waals surface area contributed by atoms with Crippen LogP contribution in [0.3, 0.4) is 0 Å². The fourth-order valence-electron chi connectivity index (χ4n) is 2.32. The fraction of sp³-hybridized carbons (Fsp3) is 0.316. The summed E-state index contributed by atoms with van der Waals surface area (Å²) in [6, 6.07) is 13.3. The van der Waals surface area contributed by atoms with E-state index in [1.165, 1.54) is 0 Å². The molecular weight excluding hydrogens is 322 g/mol. The molecule has 2 aromatic rings. The second-order valence-corrected chi connectivity index (χ2v) is 5.88. The van der Waals surface area contributed by atoms with Gasteiger partial charge in [-0.3, -0.25) is 4.79 Å². The van der Waals surface area contributed by atoms with Gasteiger partial charge in [-0.05, 0) is 49.9 Å². The molecule has 0 radical (unpaired) electrons. The topological polar surface area (TPSA) is 47.6 Å². The zero-order chi connectivity index (χ0) is 17.4. The number of carbonyl (C=O) groups excluding carboxylic acids is 1. The van der Waals surface area contributed by atoms with Crippen molar-refractivity contribution in [3.05, 3.63) is 53.6 Å². The molecule has 0 fully saturated rings. The summed E-state index contributed by atoms with van der Waals surface area (Å²) in [6.45, 7) is 5.46. The first-order valence-corrected chi connectivity index (χ1v) is 9.21. The van der Waals surface area contributed by atoms with E-state index in [0.29, 0.717) is 31.1 Å². The Morgan fingerprint density at radius 3 is 2.46 bits per heavy atom. The van der Waals surface area contributed by atoms with Gasteiger partial charge in [0.05, 0.1) is 18.8 Å². The van der Waals surface area contributed by atoms with Crippen molar-refractivity contribution in [2.45, 2.75) is 25.3 Å². The summed E-state index contributed by atoms with van der Waals surface area (Å²) in [5, 5.41) is 2.96. The molecular formula is C19H23NO3S. The number of amides is 1. The van der Waals surface area contributed by atoms with Gasteiger partial charge >= 0.3 is 0 Å². The van der Waals surface area contributed by atoms with Crippen LogP contribution in [0.2, 0.25) is 0 Å². The highest BCUT2D eigenvalue weighted by Gasteiger charge is 2.11. The molecule has 24 heavy (non-hydrogen) atoms. The van der Waals surface area contributed by atoms with Gasteiger partial charge in [-0.15, -0.1) is 11.8 Å². The largest absolute Gasteiger partial charge is 0.490 e. The van der Waals surface area contributed by atoms with Crippen LogP contribution in [0, 0.1) is 0 Å². The van der Waals surface area contributed by atoms with Crippen molar-refractivity contribution in [2.75, 3.05) is 19.5 Å². The van der Waals surface area contributed by atoms with E-state index in [-0.39, 0.29) is 5.91 Å². The van der Waals surface area contributed by atoms with Crippen molar-refractivity contribution in [3.8, 4) is 11.5 Å². The second kappa shape index (κ2) is 9.23. The molecule has 0 saturated carbocycles. The van der Waals surface area contributed by atoms with Gasteiger partial charge in [-0.2, -0.15) is 0 Å². The van der Waals surface area contributed by atoms with Gasteiger partial charge in [0.2, 0.25) is 0 Å². The Labute approximate surface area is 147 Å². The third-order valence-corrected chi connectivity index (χ3v) is 4.21. The highest BCUT2D eigenvalue weighted by atomic mass is 32.2. The Morgan fingerprint density at radius 2 is 1.75 bits per heavy atom. The standard InChI is InChI=1S/C19H23NO3S/c1-4-22-16-11-10-14(12-17(16)23-5-2)13-20-19(21)15-8-6-7-9-18(15)24-3/h6-12H,4-5,13H2,1-3H3,(H,20,21). The minimum atomic E-state index is -0.0770. The maximum atomic E-state index is 12.4. The first-order chi connectivity index (χ1) is 11.7. The van der Waals surface area contributed by atoms with Gasteiger partial charge in [0.25, 0.3) is 5.91 Å². The van der Waals surface area contributed by atoms with E-state index in [1.54, 1.807) is 11.8 Å². The molecule has 0 saturated heterocycles. The van der Waals surface area contributed by atoms with E-state index >= 15 is 0 Å². The molecule has 1 N–H and O–H groups in total. The predicted octanol–water partition coefficient (Wildman–Crippen LogP) is 4.14. The van der Waals surface area contributed by atoms with E-state index in [0.717, 1.165) is 16.2 Å². The summed E-state index contributed by atoms with van der Waals surface area (Å²) in [5.41, 5.74) is 1.66. The van der Waals surface area contributed by atoms with Crippen molar-refractivity contribution in [2.24, 2.45) is 0 Å². The van der Waals surface area contributed by atoms with Crippen LogP contribution in [0.15, 0.2) is 47.4 Å². The normalized spacial score (nSPS) is 10.3. The molecule has 0 aromatic heterocycles. The van der Waals surface area contributed by atoms with Crippen LogP contribution >= 0.6 is 11.8 Å². The summed E-state index contributed by atoms with van der Waals surface area (Å²) >= 11 is 1.56. The van der Waals surface area contributed by atoms with Crippen LogP contribution in [0.1, 0.15) is 29.8 Å². The first-order valence-electron chi connectivity index (χ1n) is 7.99. The SMILES string of the molecule is CCOc1ccc(CNC(=O)c2ccccc2SC)cc1OCC. The average Bonchev–Trinajstić information content (AvgIpc) is 2.62. The van der Waals surface area contributed by atoms with Crippen LogP contribution < -0.4 is 14.8 Å². The first kappa shape index (κ1) is 18.2. The van der Waals surface area contributed by atoms with Gasteiger partial charge in [0, 0.05) is 11.4 Å². The summed E-state index contributed by atoms with van der Waals surface area (Å²) < 4.78 is 11.2. The number of hydrogen-bond donors (Lipinski definition) is 1. The second-order valence-electron chi connectivity index (χ2n) is 5.03. The number of rotatable bonds is 8. The molecule has 0 atom stereocenters. The van der Waals surface area contributed by atoms with Crippen LogP contribution in [0.4, 0.5) is 0 Å². The lowest BCUT2D eigenvalue weighted by Gasteiger charge is -2.13. The van der Waals surface area contributed by atoms with Gasteiger partial charge in [-0.25, -0.2) is 0 Å². The van der Waals surface area contributed by atoms with Crippen molar-refractivity contribution in [3.63, 3.8) is 0 Å². The maximum absolute atomic E-state index is 12.4. The molecule has 0 aliphatic carbocycles. The van der Waals surface area contributed by atoms with Crippen LogP contribution in [0.25, 0.3) is 0 Å². The lowest BCUT2D eigenvalue weighted by atomic mass is 10.1. The number of benzene rings is 2. The van der Waals surface area contributed by atoms with Crippen molar-refractivity contribution in [1.82, 2.24) is 5.32 Å². The Balaban J connectivity index is 2.08. The van der Waals surface area contributed by atoms with E-state index < -0.39 is 0 Å². The van der Waals surface area contributed by atoms with E-state index in [1.807, 2.05) is 62.6 Å². The Morgan fingerprint density at radius 1 is 1.04 bits per heavy atom. The zero-order valence-electron chi connectivity index (χ0n) is 14.3. The lowest BCUT2D eigenvalue weighted by Crippen LogP contribution is -2.23. The molecule has 0 aliphatic rings. The van der Waals surface area contributed by atoms with Crippen LogP contribution in [-0.2, 0) is 6.54 Å². The molecule has 5 heteroatoms. The van der Waals surface area contributed by atoms with Crippen molar-refractivity contribution >= 4 is 17.7 Å². The van der Waals surface area contributed by atoms with Crippen LogP contribution in [-0.4, -0.2) is 25.4 Å². The number of ether oxygens (including phenoxy) is 2. The minimum absolute atomic E-state index is 0.0770. The summed E-state index contributed by atoms with van der Waals surface area (Å²) in [5.74, 6) is 1.35. The van der Waals surface area contributed by atoms with Crippen LogP contribution in [0.5, 0.6) is 11.5 Å². The molecule has 0 spiro atoms. The number of nitrogens with one attached hydrogen (secondary N) is 1. The quantitative estimate of drug-likeness (QED) is 0.731. The Hall–Kier alpha value is -2.14. The third kappa shape index (κ3) is 4.68. The predicted molar refractivity (Wildman–Crippen MR) is 98.2 cm³/mol. The monoisotopic (exact) mass is 345 g/mol. The van der Waals surface area contributed by atoms with Crippen molar-refractivity contribution < 1.29 is 14.3 Å². The Bertz CT molecular complexity index is 688. The molecule has 4 nitrogen and oxygen atoms in total. The van der Waals surface area contributed by atoms with Gasteiger partial charge in [0.15, 0.2) is 11.5 Å². The van der Waals surface area contributed by atoms with E-state index in [2.05, 4.69) is 5.32 Å². The van der Waals surface area contributed by atoms with Crippen molar-refractivity contribution in [1.29, 1.82) is 0 Å². The maximum Gasteiger partial charge on any atom is 0.252 e. The number of thioether (sulfide) groups is 1. The van der Waals surface area contributed by atoms with Gasteiger partial charge in [0.1, 0.15) is 0 Å². The Kier molecular flexibility index (Phi) is 7.00. The molecule has 0 heterocycles. The highest BCUT2D eigenvalue weighted by molar-refractivity contribution is 7.98. The third-order valence-electron chi connectivity index (χ3n) is 3.41. The molecule has 0 unspecified atom stereocenters. The lowest BCUT2D eigenvalue weighted by molar-refractivity contribution is 0.0948. The molecule has 128 valence electrons. The number of hydrogen-bond acceptors (Lipinski definition) is 4.